The van der Waals surface area contributed by atoms with Crippen molar-refractivity contribution in [2.24, 2.45) is 5.92 Å². The molecule has 1 aliphatic heterocycles. The normalized spacial score (nSPS) is 33.0. The van der Waals surface area contributed by atoms with Gasteiger partial charge >= 0.3 is 9.45 Å². The molecule has 0 radical (unpaired) electrons. The number of fused-ring (bicyclic) bond motifs is 1. The van der Waals surface area contributed by atoms with Gasteiger partial charge in [-0.15, -0.1) is 0 Å². The van der Waals surface area contributed by atoms with Crippen LogP contribution in [0.3, 0.4) is 0 Å². The van der Waals surface area contributed by atoms with Crippen molar-refractivity contribution >= 4 is 9.45 Å². The standard InChI is InChI=1S/C11H23NO2Si/c1-13-15(14-2)12-9-5-7-10-6-3-4-8-11(10)12/h10-11,15H,3-9H2,1-2H3. The SMILES string of the molecule is CO[SiH](OC)N1CCCC2CCCCC21. The fourth-order valence-electron chi connectivity index (χ4n) is 3.29. The molecular formula is C11H23NO2Si. The first-order chi connectivity index (χ1) is 7.36. The molecule has 0 spiro atoms. The van der Waals surface area contributed by atoms with Crippen molar-refractivity contribution in [2.75, 3.05) is 20.8 Å². The van der Waals surface area contributed by atoms with Gasteiger partial charge in [0.25, 0.3) is 0 Å². The number of piperidine rings is 1. The molecule has 0 aromatic heterocycles. The van der Waals surface area contributed by atoms with Gasteiger partial charge in [-0.2, -0.15) is 0 Å². The van der Waals surface area contributed by atoms with Gasteiger partial charge in [-0.25, -0.2) is 0 Å². The van der Waals surface area contributed by atoms with Crippen LogP contribution >= 0.6 is 0 Å². The summed E-state index contributed by atoms with van der Waals surface area (Å²) in [6.45, 7) is 1.19. The predicted octanol–water partition coefficient (Wildman–Crippen LogP) is 1.65. The summed E-state index contributed by atoms with van der Waals surface area (Å²) in [6.07, 6.45) is 8.37. The van der Waals surface area contributed by atoms with E-state index < -0.39 is 9.45 Å². The highest BCUT2D eigenvalue weighted by molar-refractivity contribution is 6.41. The van der Waals surface area contributed by atoms with Crippen molar-refractivity contribution in [1.82, 2.24) is 4.57 Å². The Morgan fingerprint density at radius 2 is 1.67 bits per heavy atom. The van der Waals surface area contributed by atoms with E-state index in [1.807, 2.05) is 0 Å². The lowest BCUT2D eigenvalue weighted by Gasteiger charge is -2.45. The minimum absolute atomic E-state index is 0.768. The minimum Gasteiger partial charge on any atom is -0.388 e. The quantitative estimate of drug-likeness (QED) is 0.687. The minimum atomic E-state index is -1.53. The van der Waals surface area contributed by atoms with Gasteiger partial charge in [0.2, 0.25) is 0 Å². The fraction of sp³-hybridized carbons (Fsp3) is 1.00. The predicted molar refractivity (Wildman–Crippen MR) is 62.9 cm³/mol. The van der Waals surface area contributed by atoms with Gasteiger partial charge in [0.15, 0.2) is 0 Å². The van der Waals surface area contributed by atoms with Gasteiger partial charge in [0.05, 0.1) is 0 Å². The molecule has 1 saturated carbocycles. The Balaban J connectivity index is 2.02. The Morgan fingerprint density at radius 3 is 2.40 bits per heavy atom. The van der Waals surface area contributed by atoms with Crippen molar-refractivity contribution in [3.8, 4) is 0 Å². The van der Waals surface area contributed by atoms with Crippen LogP contribution in [-0.4, -0.2) is 40.8 Å². The van der Waals surface area contributed by atoms with Crippen molar-refractivity contribution in [1.29, 1.82) is 0 Å². The average molecular weight is 229 g/mol. The van der Waals surface area contributed by atoms with Crippen molar-refractivity contribution in [3.05, 3.63) is 0 Å². The fourth-order valence-corrected chi connectivity index (χ4v) is 5.12. The third-order valence-electron chi connectivity index (χ3n) is 3.96. The maximum Gasteiger partial charge on any atom is 0.410 e. The van der Waals surface area contributed by atoms with Crippen molar-refractivity contribution in [2.45, 2.75) is 44.6 Å². The van der Waals surface area contributed by atoms with Gasteiger partial charge in [-0.1, -0.05) is 12.8 Å². The summed E-state index contributed by atoms with van der Waals surface area (Å²) in [6, 6.07) is 0.768. The van der Waals surface area contributed by atoms with E-state index in [1.54, 1.807) is 14.2 Å². The topological polar surface area (TPSA) is 21.7 Å². The molecule has 2 unspecified atom stereocenters. The summed E-state index contributed by atoms with van der Waals surface area (Å²) in [5, 5.41) is 0. The van der Waals surface area contributed by atoms with Gasteiger partial charge in [-0.05, 0) is 38.1 Å². The number of hydrogen-bond acceptors (Lipinski definition) is 3. The first-order valence-corrected chi connectivity index (χ1v) is 7.64. The second-order valence-electron chi connectivity index (χ2n) is 4.77. The maximum absolute atomic E-state index is 5.53. The summed E-state index contributed by atoms with van der Waals surface area (Å²) in [5.74, 6) is 0.924. The molecule has 0 bridgehead atoms. The van der Waals surface area contributed by atoms with E-state index >= 15 is 0 Å². The number of rotatable bonds is 3. The summed E-state index contributed by atoms with van der Waals surface area (Å²) in [4.78, 5) is 0. The number of nitrogens with zero attached hydrogens (tertiary/aromatic N) is 1. The van der Waals surface area contributed by atoms with Crippen LogP contribution < -0.4 is 0 Å². The largest absolute Gasteiger partial charge is 0.410 e. The zero-order valence-corrected chi connectivity index (χ0v) is 11.1. The van der Waals surface area contributed by atoms with Gasteiger partial charge in [0, 0.05) is 20.3 Å². The lowest BCUT2D eigenvalue weighted by molar-refractivity contribution is 0.0781. The summed E-state index contributed by atoms with van der Waals surface area (Å²) < 4.78 is 13.6. The van der Waals surface area contributed by atoms with Crippen LogP contribution in [0.15, 0.2) is 0 Å². The average Bonchev–Trinajstić information content (AvgIpc) is 2.31. The zero-order chi connectivity index (χ0) is 10.7. The Hall–Kier alpha value is 0.0969. The van der Waals surface area contributed by atoms with E-state index in [9.17, 15) is 0 Å². The van der Waals surface area contributed by atoms with E-state index in [2.05, 4.69) is 4.57 Å². The molecule has 2 fully saturated rings. The van der Waals surface area contributed by atoms with Crippen molar-refractivity contribution in [3.63, 3.8) is 0 Å². The molecule has 15 heavy (non-hydrogen) atoms. The lowest BCUT2D eigenvalue weighted by Crippen LogP contribution is -2.55. The molecular weight excluding hydrogens is 206 g/mol. The van der Waals surface area contributed by atoms with Crippen LogP contribution in [-0.2, 0) is 8.85 Å². The second-order valence-corrected chi connectivity index (χ2v) is 6.99. The molecule has 2 aliphatic rings. The molecule has 3 nitrogen and oxygen atoms in total. The first kappa shape index (κ1) is 11.6. The highest BCUT2D eigenvalue weighted by Crippen LogP contribution is 2.35. The van der Waals surface area contributed by atoms with Crippen LogP contribution in [0.2, 0.25) is 0 Å². The molecule has 4 heteroatoms. The highest BCUT2D eigenvalue weighted by atomic mass is 28.3. The summed E-state index contributed by atoms with van der Waals surface area (Å²) in [5.41, 5.74) is 0. The van der Waals surface area contributed by atoms with E-state index in [1.165, 1.54) is 45.1 Å². The molecule has 1 heterocycles. The van der Waals surface area contributed by atoms with Crippen molar-refractivity contribution < 1.29 is 8.85 Å². The molecule has 0 N–H and O–H groups in total. The third-order valence-corrected chi connectivity index (χ3v) is 5.95. The highest BCUT2D eigenvalue weighted by Gasteiger charge is 2.38. The molecule has 2 atom stereocenters. The molecule has 0 amide bonds. The van der Waals surface area contributed by atoms with Crippen LogP contribution in [0.1, 0.15) is 38.5 Å². The molecule has 0 aromatic carbocycles. The van der Waals surface area contributed by atoms with Gasteiger partial charge < -0.3 is 8.85 Å². The van der Waals surface area contributed by atoms with Crippen LogP contribution in [0, 0.1) is 5.92 Å². The Kier molecular flexibility index (Phi) is 4.19. The Labute approximate surface area is 94.7 Å². The van der Waals surface area contributed by atoms with Crippen LogP contribution in [0.4, 0.5) is 0 Å². The summed E-state index contributed by atoms with van der Waals surface area (Å²) >= 11 is 0. The maximum atomic E-state index is 5.53. The molecule has 1 saturated heterocycles. The number of hydrogen-bond donors (Lipinski definition) is 0. The van der Waals surface area contributed by atoms with E-state index in [-0.39, 0.29) is 0 Å². The molecule has 2 rings (SSSR count). The Morgan fingerprint density at radius 1 is 1.00 bits per heavy atom. The van der Waals surface area contributed by atoms with Gasteiger partial charge in [0.1, 0.15) is 0 Å². The molecule has 0 aromatic rings. The molecule has 88 valence electrons. The van der Waals surface area contributed by atoms with Crippen LogP contribution in [0.5, 0.6) is 0 Å². The van der Waals surface area contributed by atoms with E-state index in [0.717, 1.165) is 12.0 Å². The van der Waals surface area contributed by atoms with Gasteiger partial charge in [-0.3, -0.25) is 4.57 Å². The molecule has 1 aliphatic carbocycles. The van der Waals surface area contributed by atoms with Crippen LogP contribution in [0.25, 0.3) is 0 Å². The lowest BCUT2D eigenvalue weighted by atomic mass is 9.79. The third kappa shape index (κ3) is 2.44. The Bertz CT molecular complexity index is 197. The van der Waals surface area contributed by atoms with E-state index in [4.69, 9.17) is 8.85 Å². The smallest absolute Gasteiger partial charge is 0.388 e. The second kappa shape index (κ2) is 5.43. The zero-order valence-electron chi connectivity index (χ0n) is 9.95. The monoisotopic (exact) mass is 229 g/mol. The first-order valence-electron chi connectivity index (χ1n) is 6.18. The van der Waals surface area contributed by atoms with E-state index in [0.29, 0.717) is 0 Å². The summed E-state index contributed by atoms with van der Waals surface area (Å²) in [7, 11) is 2.06.